The van der Waals surface area contributed by atoms with Crippen LogP contribution < -0.4 is 15.4 Å². The van der Waals surface area contributed by atoms with E-state index in [9.17, 15) is 4.79 Å². The van der Waals surface area contributed by atoms with Crippen LogP contribution in [0.5, 0.6) is 5.75 Å². The third-order valence-electron chi connectivity index (χ3n) is 3.16. The molecule has 2 aromatic rings. The summed E-state index contributed by atoms with van der Waals surface area (Å²) in [7, 11) is 3.41. The van der Waals surface area contributed by atoms with Crippen molar-refractivity contribution in [2.75, 3.05) is 24.8 Å². The minimum Gasteiger partial charge on any atom is -0.496 e. The number of carboxylic acid groups (broad SMARTS) is 1. The monoisotopic (exact) mass is 287 g/mol. The molecular weight excluding hydrogens is 270 g/mol. The van der Waals surface area contributed by atoms with Gasteiger partial charge in [-0.15, -0.1) is 0 Å². The van der Waals surface area contributed by atoms with E-state index in [-0.39, 0.29) is 11.3 Å². The Kier molecular flexibility index (Phi) is 4.27. The van der Waals surface area contributed by atoms with E-state index in [2.05, 4.69) is 4.98 Å². The van der Waals surface area contributed by atoms with Crippen molar-refractivity contribution in [2.45, 2.75) is 6.54 Å². The molecule has 1 heterocycles. The molecule has 21 heavy (non-hydrogen) atoms. The molecule has 0 saturated carbocycles. The Morgan fingerprint density at radius 3 is 2.76 bits per heavy atom. The van der Waals surface area contributed by atoms with E-state index in [0.717, 1.165) is 11.3 Å². The Morgan fingerprint density at radius 1 is 1.38 bits per heavy atom. The fourth-order valence-corrected chi connectivity index (χ4v) is 2.12. The lowest BCUT2D eigenvalue weighted by atomic mass is 10.1. The van der Waals surface area contributed by atoms with Gasteiger partial charge in [0.25, 0.3) is 0 Å². The van der Waals surface area contributed by atoms with E-state index in [4.69, 9.17) is 15.6 Å². The quantitative estimate of drug-likeness (QED) is 0.874. The van der Waals surface area contributed by atoms with Crippen LogP contribution in [0.15, 0.2) is 36.5 Å². The second kappa shape index (κ2) is 6.13. The number of hydrogen-bond acceptors (Lipinski definition) is 5. The van der Waals surface area contributed by atoms with Crippen molar-refractivity contribution in [1.82, 2.24) is 4.98 Å². The number of anilines is 2. The molecule has 6 heteroatoms. The first-order valence-electron chi connectivity index (χ1n) is 6.35. The first kappa shape index (κ1) is 14.6. The molecule has 6 nitrogen and oxygen atoms in total. The summed E-state index contributed by atoms with van der Waals surface area (Å²) in [5, 5.41) is 9.10. The molecule has 0 spiro atoms. The Hall–Kier alpha value is -2.76. The van der Waals surface area contributed by atoms with Crippen molar-refractivity contribution in [2.24, 2.45) is 0 Å². The molecular formula is C15H17N3O3. The molecule has 0 bridgehead atoms. The average Bonchev–Trinajstić information content (AvgIpc) is 2.47. The van der Waals surface area contributed by atoms with E-state index in [1.165, 1.54) is 12.3 Å². The molecule has 0 saturated heterocycles. The minimum absolute atomic E-state index is 0.0480. The molecule has 0 amide bonds. The van der Waals surface area contributed by atoms with Crippen LogP contribution >= 0.6 is 0 Å². The molecule has 0 aliphatic heterocycles. The molecule has 2 rings (SSSR count). The van der Waals surface area contributed by atoms with Gasteiger partial charge in [0.15, 0.2) is 5.82 Å². The summed E-state index contributed by atoms with van der Waals surface area (Å²) >= 11 is 0. The molecule has 1 aromatic carbocycles. The highest BCUT2D eigenvalue weighted by molar-refractivity contribution is 5.96. The number of ether oxygens (including phenoxy) is 1. The number of nitrogen functional groups attached to an aromatic ring is 1. The molecule has 0 radical (unpaired) electrons. The zero-order chi connectivity index (χ0) is 15.4. The molecule has 3 N–H and O–H groups in total. The third-order valence-corrected chi connectivity index (χ3v) is 3.16. The van der Waals surface area contributed by atoms with Crippen molar-refractivity contribution in [1.29, 1.82) is 0 Å². The Balaban J connectivity index is 2.31. The summed E-state index contributed by atoms with van der Waals surface area (Å²) in [6.45, 7) is 0.504. The number of carbonyl (C=O) groups is 1. The zero-order valence-electron chi connectivity index (χ0n) is 11.9. The molecule has 110 valence electrons. The van der Waals surface area contributed by atoms with Gasteiger partial charge in [-0.05, 0) is 12.1 Å². The molecule has 1 aromatic heterocycles. The molecule has 0 unspecified atom stereocenters. The first-order valence-corrected chi connectivity index (χ1v) is 6.35. The van der Waals surface area contributed by atoms with Gasteiger partial charge in [-0.2, -0.15) is 0 Å². The highest BCUT2D eigenvalue weighted by Crippen LogP contribution is 2.26. The van der Waals surface area contributed by atoms with Crippen LogP contribution in [0.4, 0.5) is 11.5 Å². The molecule has 0 fully saturated rings. The lowest BCUT2D eigenvalue weighted by molar-refractivity contribution is 0.0698. The van der Waals surface area contributed by atoms with E-state index >= 15 is 0 Å². The summed E-state index contributed by atoms with van der Waals surface area (Å²) in [5.41, 5.74) is 7.06. The number of hydrogen-bond donors (Lipinski definition) is 2. The van der Waals surface area contributed by atoms with Gasteiger partial charge in [0.05, 0.1) is 18.4 Å². The van der Waals surface area contributed by atoms with Gasteiger partial charge in [-0.25, -0.2) is 9.78 Å². The topological polar surface area (TPSA) is 88.7 Å². The summed E-state index contributed by atoms with van der Waals surface area (Å²) in [6, 6.07) is 8.99. The van der Waals surface area contributed by atoms with E-state index in [1.807, 2.05) is 24.3 Å². The number of nitrogens with zero attached hydrogens (tertiary/aromatic N) is 2. The predicted molar refractivity (Wildman–Crippen MR) is 80.7 cm³/mol. The van der Waals surface area contributed by atoms with E-state index in [0.29, 0.717) is 12.4 Å². The van der Waals surface area contributed by atoms with Gasteiger partial charge in [-0.3, -0.25) is 0 Å². The number of para-hydroxylation sites is 1. The maximum absolute atomic E-state index is 11.1. The van der Waals surface area contributed by atoms with Crippen LogP contribution in [0.3, 0.4) is 0 Å². The molecule has 0 aliphatic rings. The zero-order valence-corrected chi connectivity index (χ0v) is 11.9. The van der Waals surface area contributed by atoms with Gasteiger partial charge in [-0.1, -0.05) is 18.2 Å². The van der Waals surface area contributed by atoms with Crippen molar-refractivity contribution >= 4 is 17.5 Å². The Bertz CT molecular complexity index is 658. The van der Waals surface area contributed by atoms with Crippen LogP contribution in [0.2, 0.25) is 0 Å². The lowest BCUT2D eigenvalue weighted by Gasteiger charge is -2.21. The van der Waals surface area contributed by atoms with Crippen LogP contribution in [-0.4, -0.2) is 30.2 Å². The normalized spacial score (nSPS) is 10.2. The number of methoxy groups -OCH3 is 1. The van der Waals surface area contributed by atoms with E-state index in [1.54, 1.807) is 19.1 Å². The maximum atomic E-state index is 11.1. The summed E-state index contributed by atoms with van der Waals surface area (Å²) in [6.07, 6.45) is 1.44. The second-order valence-corrected chi connectivity index (χ2v) is 4.57. The van der Waals surface area contributed by atoms with Crippen LogP contribution in [-0.2, 0) is 6.54 Å². The Morgan fingerprint density at radius 2 is 2.10 bits per heavy atom. The number of carboxylic acids is 1. The summed E-state index contributed by atoms with van der Waals surface area (Å²) < 4.78 is 5.30. The summed E-state index contributed by atoms with van der Waals surface area (Å²) in [4.78, 5) is 17.1. The van der Waals surface area contributed by atoms with Crippen molar-refractivity contribution in [3.05, 3.63) is 47.7 Å². The SMILES string of the molecule is COc1ccccc1CN(C)c1nccc(C(=O)O)c1N. The lowest BCUT2D eigenvalue weighted by Crippen LogP contribution is -2.20. The van der Waals surface area contributed by atoms with Gasteiger partial charge < -0.3 is 20.5 Å². The number of nitrogens with two attached hydrogens (primary N) is 1. The first-order chi connectivity index (χ1) is 10.0. The maximum Gasteiger partial charge on any atom is 0.337 e. The highest BCUT2D eigenvalue weighted by atomic mass is 16.5. The van der Waals surface area contributed by atoms with Gasteiger partial charge in [0.1, 0.15) is 5.75 Å². The number of rotatable bonds is 5. The van der Waals surface area contributed by atoms with Crippen molar-refractivity contribution in [3.63, 3.8) is 0 Å². The standard InChI is InChI=1S/C15H17N3O3/c1-18(9-10-5-3-4-6-12(10)21-2)14-13(16)11(15(19)20)7-8-17-14/h3-8H,9,16H2,1-2H3,(H,19,20). The van der Waals surface area contributed by atoms with Gasteiger partial charge >= 0.3 is 5.97 Å². The fraction of sp³-hybridized carbons (Fsp3) is 0.200. The second-order valence-electron chi connectivity index (χ2n) is 4.57. The summed E-state index contributed by atoms with van der Waals surface area (Å²) in [5.74, 6) is 0.125. The third kappa shape index (κ3) is 3.05. The Labute approximate surface area is 122 Å². The number of pyridine rings is 1. The number of benzene rings is 1. The largest absolute Gasteiger partial charge is 0.496 e. The van der Waals surface area contributed by atoms with E-state index < -0.39 is 5.97 Å². The average molecular weight is 287 g/mol. The van der Waals surface area contributed by atoms with Crippen LogP contribution in [0.25, 0.3) is 0 Å². The predicted octanol–water partition coefficient (Wildman–Crippen LogP) is 2.01. The smallest absolute Gasteiger partial charge is 0.337 e. The number of aromatic nitrogens is 1. The van der Waals surface area contributed by atoms with Crippen molar-refractivity contribution < 1.29 is 14.6 Å². The van der Waals surface area contributed by atoms with Gasteiger partial charge in [0, 0.05) is 25.4 Å². The van der Waals surface area contributed by atoms with Crippen LogP contribution in [0, 0.1) is 0 Å². The molecule has 0 atom stereocenters. The van der Waals surface area contributed by atoms with Crippen molar-refractivity contribution in [3.8, 4) is 5.75 Å². The molecule has 0 aliphatic carbocycles. The van der Waals surface area contributed by atoms with Crippen LogP contribution in [0.1, 0.15) is 15.9 Å². The highest BCUT2D eigenvalue weighted by Gasteiger charge is 2.16. The minimum atomic E-state index is -1.07. The van der Waals surface area contributed by atoms with Gasteiger partial charge in [0.2, 0.25) is 0 Å². The number of aromatic carboxylic acids is 1. The fourth-order valence-electron chi connectivity index (χ4n) is 2.12.